The number of anilines is 1. The number of benzene rings is 1. The van der Waals surface area contributed by atoms with Crippen molar-refractivity contribution in [3.63, 3.8) is 0 Å². The second-order valence-electron chi connectivity index (χ2n) is 2.54. The largest absolute Gasteiger partial charge is 0.396 e. The van der Waals surface area contributed by atoms with Crippen molar-refractivity contribution in [3.05, 3.63) is 30.3 Å². The van der Waals surface area contributed by atoms with Crippen molar-refractivity contribution in [2.45, 2.75) is 12.6 Å². The summed E-state index contributed by atoms with van der Waals surface area (Å²) >= 11 is 0. The first-order valence-corrected chi connectivity index (χ1v) is 3.93. The molecule has 3 N–H and O–H groups in total. The van der Waals surface area contributed by atoms with Gasteiger partial charge in [-0.2, -0.15) is 0 Å². The summed E-state index contributed by atoms with van der Waals surface area (Å²) in [5.74, 6) is 0. The molecular formula is C9H13NO2. The van der Waals surface area contributed by atoms with Gasteiger partial charge in [-0.25, -0.2) is 0 Å². The Hall–Kier alpha value is -1.06. The molecule has 1 atom stereocenters. The van der Waals surface area contributed by atoms with Crippen LogP contribution in [0.2, 0.25) is 0 Å². The lowest BCUT2D eigenvalue weighted by Gasteiger charge is -2.11. The predicted octanol–water partition coefficient (Wildman–Crippen LogP) is 0.799. The fraction of sp³-hybridized carbons (Fsp3) is 0.333. The molecule has 0 fully saturated rings. The third kappa shape index (κ3) is 2.90. The minimum absolute atomic E-state index is 0.0129. The number of aliphatic hydroxyl groups is 2. The van der Waals surface area contributed by atoms with Crippen LogP contribution in [-0.2, 0) is 0 Å². The number of nitrogens with one attached hydrogen (secondary N) is 1. The molecule has 0 saturated carbocycles. The Balaban J connectivity index is 2.41. The molecule has 0 aliphatic carbocycles. The van der Waals surface area contributed by atoms with Crippen LogP contribution in [0.3, 0.4) is 0 Å². The van der Waals surface area contributed by atoms with Gasteiger partial charge >= 0.3 is 0 Å². The van der Waals surface area contributed by atoms with Crippen LogP contribution in [0.25, 0.3) is 0 Å². The molecule has 1 aromatic rings. The zero-order valence-electron chi connectivity index (χ0n) is 6.77. The van der Waals surface area contributed by atoms with E-state index in [1.807, 2.05) is 30.3 Å². The average molecular weight is 167 g/mol. The van der Waals surface area contributed by atoms with Crippen LogP contribution in [0, 0.1) is 0 Å². The van der Waals surface area contributed by atoms with Crippen molar-refractivity contribution in [3.8, 4) is 0 Å². The smallest absolute Gasteiger partial charge is 0.126 e. The van der Waals surface area contributed by atoms with Gasteiger partial charge in [0.25, 0.3) is 0 Å². The molecule has 0 spiro atoms. The fourth-order valence-electron chi connectivity index (χ4n) is 0.921. The van der Waals surface area contributed by atoms with Crippen molar-refractivity contribution in [2.24, 2.45) is 0 Å². The van der Waals surface area contributed by atoms with E-state index in [0.717, 1.165) is 5.69 Å². The van der Waals surface area contributed by atoms with Crippen LogP contribution in [-0.4, -0.2) is 23.0 Å². The summed E-state index contributed by atoms with van der Waals surface area (Å²) in [6.45, 7) is -0.0129. The van der Waals surface area contributed by atoms with E-state index in [0.29, 0.717) is 6.42 Å². The van der Waals surface area contributed by atoms with Crippen molar-refractivity contribution in [1.29, 1.82) is 0 Å². The van der Waals surface area contributed by atoms with Crippen molar-refractivity contribution in [2.75, 3.05) is 11.9 Å². The zero-order chi connectivity index (χ0) is 8.81. The lowest BCUT2D eigenvalue weighted by atomic mass is 10.3. The van der Waals surface area contributed by atoms with Crippen LogP contribution >= 0.6 is 0 Å². The molecule has 1 aromatic carbocycles. The number of aliphatic hydroxyl groups excluding tert-OH is 2. The molecule has 0 aliphatic rings. The Morgan fingerprint density at radius 1 is 1.25 bits per heavy atom. The molecule has 0 saturated heterocycles. The van der Waals surface area contributed by atoms with Gasteiger partial charge in [0, 0.05) is 18.7 Å². The van der Waals surface area contributed by atoms with Gasteiger partial charge in [0.1, 0.15) is 6.23 Å². The molecule has 0 amide bonds. The molecule has 1 unspecified atom stereocenters. The Labute approximate surface area is 71.7 Å². The zero-order valence-corrected chi connectivity index (χ0v) is 6.77. The highest BCUT2D eigenvalue weighted by Gasteiger charge is 2.00. The van der Waals surface area contributed by atoms with E-state index in [4.69, 9.17) is 5.11 Å². The summed E-state index contributed by atoms with van der Waals surface area (Å²) in [7, 11) is 0. The molecule has 1 rings (SSSR count). The van der Waals surface area contributed by atoms with E-state index >= 15 is 0 Å². The number of rotatable bonds is 4. The molecule has 0 heterocycles. The maximum Gasteiger partial charge on any atom is 0.126 e. The molecule has 0 aliphatic heterocycles. The van der Waals surface area contributed by atoms with Crippen LogP contribution in [0.4, 0.5) is 5.69 Å². The van der Waals surface area contributed by atoms with Gasteiger partial charge < -0.3 is 15.5 Å². The maximum atomic E-state index is 9.23. The third-order valence-electron chi connectivity index (χ3n) is 1.51. The Morgan fingerprint density at radius 2 is 1.92 bits per heavy atom. The highest BCUT2D eigenvalue weighted by atomic mass is 16.3. The average Bonchev–Trinajstić information content (AvgIpc) is 2.06. The van der Waals surface area contributed by atoms with E-state index in [2.05, 4.69) is 5.32 Å². The Kier molecular flexibility index (Phi) is 3.57. The molecular weight excluding hydrogens is 154 g/mol. The van der Waals surface area contributed by atoms with Crippen LogP contribution in [0.5, 0.6) is 0 Å². The van der Waals surface area contributed by atoms with E-state index in [1.54, 1.807) is 0 Å². The first-order chi connectivity index (χ1) is 5.83. The van der Waals surface area contributed by atoms with E-state index < -0.39 is 6.23 Å². The molecule has 3 heteroatoms. The number of hydrogen-bond donors (Lipinski definition) is 3. The summed E-state index contributed by atoms with van der Waals surface area (Å²) in [5.41, 5.74) is 0.860. The van der Waals surface area contributed by atoms with E-state index in [9.17, 15) is 5.11 Å². The summed E-state index contributed by atoms with van der Waals surface area (Å²) < 4.78 is 0. The quantitative estimate of drug-likeness (QED) is 0.581. The van der Waals surface area contributed by atoms with E-state index in [1.165, 1.54) is 0 Å². The molecule has 3 nitrogen and oxygen atoms in total. The molecule has 0 radical (unpaired) electrons. The number of hydrogen-bond acceptors (Lipinski definition) is 3. The van der Waals surface area contributed by atoms with Gasteiger partial charge in [0.2, 0.25) is 0 Å². The van der Waals surface area contributed by atoms with Gasteiger partial charge in [-0.15, -0.1) is 0 Å². The number of para-hydroxylation sites is 1. The predicted molar refractivity (Wildman–Crippen MR) is 47.8 cm³/mol. The SMILES string of the molecule is OCCC(O)Nc1ccccc1. The topological polar surface area (TPSA) is 52.5 Å². The first-order valence-electron chi connectivity index (χ1n) is 3.93. The fourth-order valence-corrected chi connectivity index (χ4v) is 0.921. The van der Waals surface area contributed by atoms with E-state index in [-0.39, 0.29) is 6.61 Å². The van der Waals surface area contributed by atoms with Gasteiger partial charge in [-0.05, 0) is 12.1 Å². The van der Waals surface area contributed by atoms with Gasteiger partial charge in [0.15, 0.2) is 0 Å². The van der Waals surface area contributed by atoms with Crippen molar-refractivity contribution in [1.82, 2.24) is 0 Å². The second kappa shape index (κ2) is 4.74. The standard InChI is InChI=1S/C9H13NO2/c11-7-6-9(12)10-8-4-2-1-3-5-8/h1-5,9-12H,6-7H2. The minimum Gasteiger partial charge on any atom is -0.396 e. The molecule has 66 valence electrons. The highest BCUT2D eigenvalue weighted by molar-refractivity contribution is 5.42. The molecule has 0 bridgehead atoms. The second-order valence-corrected chi connectivity index (χ2v) is 2.54. The minimum atomic E-state index is -0.669. The molecule has 0 aromatic heterocycles. The summed E-state index contributed by atoms with van der Waals surface area (Å²) in [6, 6.07) is 9.40. The van der Waals surface area contributed by atoms with Crippen LogP contribution < -0.4 is 5.32 Å². The van der Waals surface area contributed by atoms with Crippen LogP contribution in [0.1, 0.15) is 6.42 Å². The van der Waals surface area contributed by atoms with Gasteiger partial charge in [-0.3, -0.25) is 0 Å². The Morgan fingerprint density at radius 3 is 2.50 bits per heavy atom. The van der Waals surface area contributed by atoms with Crippen molar-refractivity contribution >= 4 is 5.69 Å². The third-order valence-corrected chi connectivity index (χ3v) is 1.51. The summed E-state index contributed by atoms with van der Waals surface area (Å²) in [4.78, 5) is 0. The van der Waals surface area contributed by atoms with Crippen LogP contribution in [0.15, 0.2) is 30.3 Å². The normalized spacial score (nSPS) is 12.5. The molecule has 12 heavy (non-hydrogen) atoms. The van der Waals surface area contributed by atoms with Gasteiger partial charge in [-0.1, -0.05) is 18.2 Å². The first kappa shape index (κ1) is 9.03. The Bertz CT molecular complexity index is 213. The maximum absolute atomic E-state index is 9.23. The summed E-state index contributed by atoms with van der Waals surface area (Å²) in [6.07, 6.45) is -0.327. The van der Waals surface area contributed by atoms with Crippen molar-refractivity contribution < 1.29 is 10.2 Å². The lowest BCUT2D eigenvalue weighted by Crippen LogP contribution is -2.19. The lowest BCUT2D eigenvalue weighted by molar-refractivity contribution is 0.155. The van der Waals surface area contributed by atoms with Gasteiger partial charge in [0.05, 0.1) is 0 Å². The summed E-state index contributed by atoms with van der Waals surface area (Å²) in [5, 5.41) is 20.6. The highest BCUT2D eigenvalue weighted by Crippen LogP contribution is 2.06. The monoisotopic (exact) mass is 167 g/mol.